The number of amides is 1. The van der Waals surface area contributed by atoms with Crippen LogP contribution in [0, 0.1) is 0 Å². The third kappa shape index (κ3) is 7.21. The molecule has 0 aliphatic carbocycles. The Balaban J connectivity index is 4.53. The summed E-state index contributed by atoms with van der Waals surface area (Å²) in [5.74, 6) is 0. The Morgan fingerprint density at radius 1 is 1.18 bits per heavy atom. The lowest BCUT2D eigenvalue weighted by Gasteiger charge is -2.36. The topological polar surface area (TPSA) is 41.6 Å². The van der Waals surface area contributed by atoms with Crippen LogP contribution in [-0.2, 0) is 4.74 Å². The van der Waals surface area contributed by atoms with E-state index < -0.39 is 5.60 Å². The second kappa shape index (κ2) is 6.24. The van der Waals surface area contributed by atoms with E-state index in [1.165, 1.54) is 0 Å². The molecule has 0 spiro atoms. The molecular weight excluding hydrogens is 216 g/mol. The Hall–Kier alpha value is -0.770. The van der Waals surface area contributed by atoms with Gasteiger partial charge in [0.05, 0.1) is 0 Å². The summed E-state index contributed by atoms with van der Waals surface area (Å²) in [5.41, 5.74) is -0.653. The predicted octanol–water partition coefficient (Wildman–Crippen LogP) is 2.63. The molecule has 0 aliphatic rings. The van der Waals surface area contributed by atoms with Gasteiger partial charge in [0.25, 0.3) is 0 Å². The van der Waals surface area contributed by atoms with Crippen LogP contribution in [0.25, 0.3) is 0 Å². The van der Waals surface area contributed by atoms with Crippen LogP contribution in [0.3, 0.4) is 0 Å². The van der Waals surface area contributed by atoms with Crippen molar-refractivity contribution in [2.75, 3.05) is 20.1 Å². The molecule has 0 bridgehead atoms. The molecule has 1 amide bonds. The summed E-state index contributed by atoms with van der Waals surface area (Å²) in [6.45, 7) is 13.3. The van der Waals surface area contributed by atoms with Crippen molar-refractivity contribution in [1.29, 1.82) is 0 Å². The minimum absolute atomic E-state index is 0.212. The molecule has 17 heavy (non-hydrogen) atoms. The third-order valence-corrected chi connectivity index (χ3v) is 2.23. The molecule has 4 nitrogen and oxygen atoms in total. The average Bonchev–Trinajstić information content (AvgIpc) is 2.06. The summed E-state index contributed by atoms with van der Waals surface area (Å²) in [7, 11) is 1.91. The fourth-order valence-corrected chi connectivity index (χ4v) is 1.43. The van der Waals surface area contributed by atoms with E-state index in [2.05, 4.69) is 5.32 Å². The SMILES string of the molecule is CNCCCN(C(=O)OC(C)(C)C)C(C)(C)C. The van der Waals surface area contributed by atoms with Crippen LogP contribution < -0.4 is 5.32 Å². The van der Waals surface area contributed by atoms with Crippen molar-refractivity contribution in [2.24, 2.45) is 0 Å². The summed E-state index contributed by atoms with van der Waals surface area (Å²) in [6.07, 6.45) is 0.689. The number of rotatable bonds is 4. The Morgan fingerprint density at radius 2 is 1.71 bits per heavy atom. The fourth-order valence-electron chi connectivity index (χ4n) is 1.43. The van der Waals surface area contributed by atoms with Crippen molar-refractivity contribution in [2.45, 2.75) is 59.1 Å². The van der Waals surface area contributed by atoms with Crippen LogP contribution in [0.1, 0.15) is 48.0 Å². The number of hydrogen-bond acceptors (Lipinski definition) is 3. The van der Waals surface area contributed by atoms with E-state index in [0.717, 1.165) is 13.0 Å². The largest absolute Gasteiger partial charge is 0.444 e. The molecule has 0 unspecified atom stereocenters. The maximum Gasteiger partial charge on any atom is 0.410 e. The van der Waals surface area contributed by atoms with Gasteiger partial charge in [-0.2, -0.15) is 0 Å². The molecule has 0 rings (SSSR count). The van der Waals surface area contributed by atoms with Crippen LogP contribution in [0.5, 0.6) is 0 Å². The van der Waals surface area contributed by atoms with E-state index in [1.807, 2.05) is 48.6 Å². The van der Waals surface area contributed by atoms with Gasteiger partial charge < -0.3 is 15.0 Å². The molecule has 0 saturated carbocycles. The maximum atomic E-state index is 12.1. The van der Waals surface area contributed by atoms with Crippen LogP contribution >= 0.6 is 0 Å². The van der Waals surface area contributed by atoms with E-state index in [1.54, 1.807) is 4.90 Å². The monoisotopic (exact) mass is 244 g/mol. The summed E-state index contributed by atoms with van der Waals surface area (Å²) >= 11 is 0. The maximum absolute atomic E-state index is 12.1. The van der Waals surface area contributed by atoms with E-state index in [9.17, 15) is 4.79 Å². The highest BCUT2D eigenvalue weighted by Gasteiger charge is 2.29. The smallest absolute Gasteiger partial charge is 0.410 e. The molecule has 0 aliphatic heterocycles. The van der Waals surface area contributed by atoms with Gasteiger partial charge in [-0.3, -0.25) is 0 Å². The van der Waals surface area contributed by atoms with Gasteiger partial charge in [0, 0.05) is 12.1 Å². The summed E-state index contributed by atoms with van der Waals surface area (Å²) in [6, 6.07) is 0. The zero-order valence-electron chi connectivity index (χ0n) is 12.4. The second-order valence-corrected chi connectivity index (χ2v) is 6.26. The van der Waals surface area contributed by atoms with Crippen molar-refractivity contribution in [3.63, 3.8) is 0 Å². The standard InChI is InChI=1S/C13H28N2O2/c1-12(2,3)15(10-8-9-14-7)11(16)17-13(4,5)6/h14H,8-10H2,1-7H3. The van der Waals surface area contributed by atoms with Gasteiger partial charge in [-0.05, 0) is 61.6 Å². The molecule has 4 heteroatoms. The van der Waals surface area contributed by atoms with Gasteiger partial charge in [-0.15, -0.1) is 0 Å². The summed E-state index contributed by atoms with van der Waals surface area (Å²) in [5, 5.41) is 3.08. The first-order chi connectivity index (χ1) is 7.58. The fraction of sp³-hybridized carbons (Fsp3) is 0.923. The minimum Gasteiger partial charge on any atom is -0.444 e. The van der Waals surface area contributed by atoms with Crippen LogP contribution in [0.2, 0.25) is 0 Å². The third-order valence-electron chi connectivity index (χ3n) is 2.23. The average molecular weight is 244 g/mol. The molecule has 1 N–H and O–H groups in total. The van der Waals surface area contributed by atoms with E-state index in [0.29, 0.717) is 6.54 Å². The first-order valence-corrected chi connectivity index (χ1v) is 6.23. The number of carbonyl (C=O) groups is 1. The molecule has 102 valence electrons. The second-order valence-electron chi connectivity index (χ2n) is 6.26. The highest BCUT2D eigenvalue weighted by Crippen LogP contribution is 2.18. The van der Waals surface area contributed by atoms with Crippen molar-refractivity contribution in [3.05, 3.63) is 0 Å². The number of ether oxygens (including phenoxy) is 1. The van der Waals surface area contributed by atoms with Gasteiger partial charge in [-0.25, -0.2) is 4.79 Å². The van der Waals surface area contributed by atoms with E-state index >= 15 is 0 Å². The van der Waals surface area contributed by atoms with Crippen LogP contribution in [0.15, 0.2) is 0 Å². The molecule has 0 aromatic carbocycles. The minimum atomic E-state index is -0.441. The van der Waals surface area contributed by atoms with Gasteiger partial charge in [-0.1, -0.05) is 0 Å². The lowest BCUT2D eigenvalue weighted by molar-refractivity contribution is 0.00608. The predicted molar refractivity (Wildman–Crippen MR) is 71.2 cm³/mol. The Bertz CT molecular complexity index is 239. The molecule has 0 fully saturated rings. The molecule has 0 heterocycles. The zero-order valence-corrected chi connectivity index (χ0v) is 12.4. The Labute approximate surface area is 106 Å². The van der Waals surface area contributed by atoms with Crippen molar-refractivity contribution < 1.29 is 9.53 Å². The van der Waals surface area contributed by atoms with Gasteiger partial charge in [0.15, 0.2) is 0 Å². The number of carbonyl (C=O) groups excluding carboxylic acids is 1. The van der Waals surface area contributed by atoms with Gasteiger partial charge in [0.2, 0.25) is 0 Å². The molecule has 0 saturated heterocycles. The lowest BCUT2D eigenvalue weighted by Crippen LogP contribution is -2.48. The first-order valence-electron chi connectivity index (χ1n) is 6.23. The van der Waals surface area contributed by atoms with E-state index in [4.69, 9.17) is 4.74 Å². The van der Waals surface area contributed by atoms with Crippen molar-refractivity contribution >= 4 is 6.09 Å². The van der Waals surface area contributed by atoms with Crippen molar-refractivity contribution in [1.82, 2.24) is 10.2 Å². The Morgan fingerprint density at radius 3 is 2.06 bits per heavy atom. The number of hydrogen-bond donors (Lipinski definition) is 1. The molecule has 0 aromatic heterocycles. The zero-order chi connectivity index (χ0) is 13.7. The molecule has 0 radical (unpaired) electrons. The van der Waals surface area contributed by atoms with E-state index in [-0.39, 0.29) is 11.6 Å². The molecule has 0 atom stereocenters. The van der Waals surface area contributed by atoms with Crippen LogP contribution in [-0.4, -0.2) is 42.3 Å². The Kier molecular flexibility index (Phi) is 5.96. The van der Waals surface area contributed by atoms with Gasteiger partial charge in [0.1, 0.15) is 5.60 Å². The highest BCUT2D eigenvalue weighted by molar-refractivity contribution is 5.69. The van der Waals surface area contributed by atoms with Crippen molar-refractivity contribution in [3.8, 4) is 0 Å². The number of nitrogens with one attached hydrogen (secondary N) is 1. The molecular formula is C13H28N2O2. The summed E-state index contributed by atoms with van der Waals surface area (Å²) < 4.78 is 5.42. The summed E-state index contributed by atoms with van der Waals surface area (Å²) in [4.78, 5) is 13.9. The lowest BCUT2D eigenvalue weighted by atomic mass is 10.1. The molecule has 0 aromatic rings. The van der Waals surface area contributed by atoms with Crippen LogP contribution in [0.4, 0.5) is 4.79 Å². The van der Waals surface area contributed by atoms with Gasteiger partial charge >= 0.3 is 6.09 Å². The highest BCUT2D eigenvalue weighted by atomic mass is 16.6. The first kappa shape index (κ1) is 16.2. The normalized spacial score (nSPS) is 12.4. The number of nitrogens with zero attached hydrogens (tertiary/aromatic N) is 1. The quantitative estimate of drug-likeness (QED) is 0.773.